The van der Waals surface area contributed by atoms with Gasteiger partial charge in [0.2, 0.25) is 10.0 Å². The van der Waals surface area contributed by atoms with E-state index in [0.29, 0.717) is 0 Å². The highest BCUT2D eigenvalue weighted by molar-refractivity contribution is 7.89. The lowest BCUT2D eigenvalue weighted by Crippen LogP contribution is -2.40. The third-order valence-corrected chi connectivity index (χ3v) is 5.26. The molecule has 5 nitrogen and oxygen atoms in total. The van der Waals surface area contributed by atoms with Crippen molar-refractivity contribution < 1.29 is 13.2 Å². The van der Waals surface area contributed by atoms with Crippen LogP contribution in [-0.2, 0) is 10.0 Å². The highest BCUT2D eigenvalue weighted by atomic mass is 35.5. The van der Waals surface area contributed by atoms with Gasteiger partial charge in [0.25, 0.3) is 5.91 Å². The van der Waals surface area contributed by atoms with Crippen molar-refractivity contribution in [1.29, 1.82) is 0 Å². The molecule has 2 N–H and O–H groups in total. The zero-order valence-electron chi connectivity index (χ0n) is 14.2. The minimum atomic E-state index is -3.81. The molecule has 0 aliphatic rings. The number of carbonyl (C=O) groups excluding carboxylic acids is 1. The van der Waals surface area contributed by atoms with Crippen LogP contribution in [0.25, 0.3) is 0 Å². The smallest absolute Gasteiger partial charge is 0.251 e. The molecule has 0 radical (unpaired) electrons. The molecule has 0 aliphatic heterocycles. The molecule has 130 valence electrons. The van der Waals surface area contributed by atoms with Gasteiger partial charge >= 0.3 is 0 Å². The first-order chi connectivity index (χ1) is 10.5. The summed E-state index contributed by atoms with van der Waals surface area (Å²) in [6, 6.07) is 4.28. The second-order valence-corrected chi connectivity index (χ2v) is 8.72. The van der Waals surface area contributed by atoms with Crippen molar-refractivity contribution in [2.45, 2.75) is 63.9 Å². The summed E-state index contributed by atoms with van der Waals surface area (Å²) < 4.78 is 27.4. The maximum atomic E-state index is 12.4. The third kappa shape index (κ3) is 6.12. The van der Waals surface area contributed by atoms with Crippen molar-refractivity contribution in [2.24, 2.45) is 0 Å². The fourth-order valence-corrected chi connectivity index (χ4v) is 4.07. The van der Waals surface area contributed by atoms with Crippen LogP contribution in [0.5, 0.6) is 0 Å². The Labute approximate surface area is 143 Å². The molecule has 0 aromatic heterocycles. The average Bonchev–Trinajstić information content (AvgIpc) is 2.36. The summed E-state index contributed by atoms with van der Waals surface area (Å²) >= 11 is 6.02. The van der Waals surface area contributed by atoms with Crippen LogP contribution in [0.4, 0.5) is 0 Å². The summed E-state index contributed by atoms with van der Waals surface area (Å²) in [5.41, 5.74) is -0.373. The van der Waals surface area contributed by atoms with Gasteiger partial charge in [0.1, 0.15) is 4.90 Å². The van der Waals surface area contributed by atoms with Gasteiger partial charge in [-0.15, -0.1) is 0 Å². The summed E-state index contributed by atoms with van der Waals surface area (Å²) in [6.45, 7) is 9.16. The second-order valence-electron chi connectivity index (χ2n) is 6.66. The van der Waals surface area contributed by atoms with Gasteiger partial charge in [-0.25, -0.2) is 13.1 Å². The molecule has 1 amide bonds. The molecule has 0 spiro atoms. The summed E-state index contributed by atoms with van der Waals surface area (Å²) in [6.07, 6.45) is 1.81. The van der Waals surface area contributed by atoms with Gasteiger partial charge in [-0.2, -0.15) is 0 Å². The van der Waals surface area contributed by atoms with Gasteiger partial charge in [-0.05, 0) is 52.3 Å². The molecule has 1 aromatic carbocycles. The monoisotopic (exact) mass is 360 g/mol. The van der Waals surface area contributed by atoms with Crippen LogP contribution in [0.3, 0.4) is 0 Å². The van der Waals surface area contributed by atoms with E-state index in [-0.39, 0.29) is 27.4 Å². The predicted molar refractivity (Wildman–Crippen MR) is 93.4 cm³/mol. The molecule has 0 fully saturated rings. The zero-order valence-corrected chi connectivity index (χ0v) is 15.8. The zero-order chi connectivity index (χ0) is 17.8. The molecular weight excluding hydrogens is 336 g/mol. The number of rotatable bonds is 6. The standard InChI is InChI=1S/C16H25ClN2O3S/c1-6-7-11(2)18-15(20)12-8-9-13(17)14(10-12)23(21,22)19-16(3,4)5/h8-11,19H,6-7H2,1-5H3,(H,18,20)/t11-/m1/s1. The first-order valence-electron chi connectivity index (χ1n) is 7.60. The van der Waals surface area contributed by atoms with E-state index in [4.69, 9.17) is 11.6 Å². The first-order valence-corrected chi connectivity index (χ1v) is 9.47. The average molecular weight is 361 g/mol. The van der Waals surface area contributed by atoms with Crippen LogP contribution in [0.15, 0.2) is 23.1 Å². The Hall–Kier alpha value is -1.11. The van der Waals surface area contributed by atoms with E-state index in [1.54, 1.807) is 20.8 Å². The molecular formula is C16H25ClN2O3S. The quantitative estimate of drug-likeness (QED) is 0.816. The molecule has 0 unspecified atom stereocenters. The molecule has 23 heavy (non-hydrogen) atoms. The topological polar surface area (TPSA) is 75.3 Å². The van der Waals surface area contributed by atoms with E-state index >= 15 is 0 Å². The van der Waals surface area contributed by atoms with E-state index < -0.39 is 15.6 Å². The number of benzene rings is 1. The maximum absolute atomic E-state index is 12.4. The fraction of sp³-hybridized carbons (Fsp3) is 0.562. The molecule has 0 saturated carbocycles. The van der Waals surface area contributed by atoms with Crippen LogP contribution >= 0.6 is 11.6 Å². The van der Waals surface area contributed by atoms with Gasteiger partial charge in [-0.3, -0.25) is 4.79 Å². The Morgan fingerprint density at radius 3 is 2.43 bits per heavy atom. The Morgan fingerprint density at radius 1 is 1.30 bits per heavy atom. The summed E-state index contributed by atoms with van der Waals surface area (Å²) in [5, 5.41) is 2.93. The van der Waals surface area contributed by atoms with Crippen LogP contribution in [0.2, 0.25) is 5.02 Å². The number of hydrogen-bond acceptors (Lipinski definition) is 3. The third-order valence-electron chi connectivity index (χ3n) is 3.02. The van der Waals surface area contributed by atoms with Crippen LogP contribution in [0, 0.1) is 0 Å². The lowest BCUT2D eigenvalue weighted by Gasteiger charge is -2.21. The van der Waals surface area contributed by atoms with E-state index in [2.05, 4.69) is 10.0 Å². The Morgan fingerprint density at radius 2 is 1.91 bits per heavy atom. The van der Waals surface area contributed by atoms with Gasteiger partial charge in [0.05, 0.1) is 5.02 Å². The van der Waals surface area contributed by atoms with Crippen LogP contribution in [0.1, 0.15) is 57.8 Å². The predicted octanol–water partition coefficient (Wildman–Crippen LogP) is 3.34. The summed E-state index contributed by atoms with van der Waals surface area (Å²) in [5.74, 6) is -0.310. The summed E-state index contributed by atoms with van der Waals surface area (Å²) in [4.78, 5) is 12.1. The van der Waals surface area contributed by atoms with E-state index in [1.807, 2.05) is 13.8 Å². The molecule has 7 heteroatoms. The number of carbonyl (C=O) groups is 1. The van der Waals surface area contributed by atoms with E-state index in [1.165, 1.54) is 18.2 Å². The lowest BCUT2D eigenvalue weighted by molar-refractivity contribution is 0.0938. The minimum Gasteiger partial charge on any atom is -0.350 e. The minimum absolute atomic E-state index is 0.0240. The molecule has 0 bridgehead atoms. The highest BCUT2D eigenvalue weighted by Gasteiger charge is 2.25. The van der Waals surface area contributed by atoms with Crippen molar-refractivity contribution in [2.75, 3.05) is 0 Å². The van der Waals surface area contributed by atoms with Crippen molar-refractivity contribution in [3.63, 3.8) is 0 Å². The first kappa shape index (κ1) is 19.9. The number of sulfonamides is 1. The second kappa shape index (κ2) is 7.64. The number of halogens is 1. The molecule has 0 saturated heterocycles. The van der Waals surface area contributed by atoms with E-state index in [9.17, 15) is 13.2 Å². The lowest BCUT2D eigenvalue weighted by atomic mass is 10.1. The van der Waals surface area contributed by atoms with Gasteiger partial charge in [-0.1, -0.05) is 24.9 Å². The number of amides is 1. The molecule has 0 aliphatic carbocycles. The Balaban J connectivity index is 3.11. The van der Waals surface area contributed by atoms with Gasteiger partial charge in [0.15, 0.2) is 0 Å². The molecule has 1 rings (SSSR count). The Bertz CT molecular complexity index is 666. The molecule has 0 heterocycles. The largest absolute Gasteiger partial charge is 0.350 e. The maximum Gasteiger partial charge on any atom is 0.251 e. The summed E-state index contributed by atoms with van der Waals surface area (Å²) in [7, 11) is -3.81. The normalized spacial score (nSPS) is 13.7. The highest BCUT2D eigenvalue weighted by Crippen LogP contribution is 2.24. The van der Waals surface area contributed by atoms with Crippen molar-refractivity contribution >= 4 is 27.5 Å². The van der Waals surface area contributed by atoms with Crippen molar-refractivity contribution in [3.05, 3.63) is 28.8 Å². The van der Waals surface area contributed by atoms with Crippen molar-refractivity contribution in [3.8, 4) is 0 Å². The fourth-order valence-electron chi connectivity index (χ4n) is 2.12. The van der Waals surface area contributed by atoms with Crippen LogP contribution < -0.4 is 10.0 Å². The number of nitrogens with one attached hydrogen (secondary N) is 2. The van der Waals surface area contributed by atoms with Crippen LogP contribution in [-0.4, -0.2) is 25.9 Å². The van der Waals surface area contributed by atoms with Gasteiger partial charge in [0, 0.05) is 17.1 Å². The molecule has 1 aromatic rings. The molecule has 1 atom stereocenters. The van der Waals surface area contributed by atoms with E-state index in [0.717, 1.165) is 12.8 Å². The number of hydrogen-bond donors (Lipinski definition) is 2. The van der Waals surface area contributed by atoms with Gasteiger partial charge < -0.3 is 5.32 Å². The SMILES string of the molecule is CCC[C@@H](C)NC(=O)c1ccc(Cl)c(S(=O)(=O)NC(C)(C)C)c1. The Kier molecular flexibility index (Phi) is 6.62. The van der Waals surface area contributed by atoms with Crippen molar-refractivity contribution in [1.82, 2.24) is 10.0 Å².